The third-order valence-electron chi connectivity index (χ3n) is 3.68. The SMILES string of the molecule is C=Cc1ccn(C=C)c1C(C)CN(C)/C(=C\C(=O)OC)C(=O)OC. The Morgan fingerprint density at radius 3 is 2.50 bits per heavy atom. The van der Waals surface area contributed by atoms with E-state index in [1.807, 2.05) is 23.8 Å². The number of ether oxygens (including phenoxy) is 2. The lowest BCUT2D eigenvalue weighted by atomic mass is 10.0. The van der Waals surface area contributed by atoms with Crippen LogP contribution in [-0.2, 0) is 19.1 Å². The van der Waals surface area contributed by atoms with Gasteiger partial charge in [-0.2, -0.15) is 0 Å². The number of hydrogen-bond donors (Lipinski definition) is 0. The number of hydrogen-bond acceptors (Lipinski definition) is 5. The van der Waals surface area contributed by atoms with Crippen LogP contribution < -0.4 is 0 Å². The molecule has 0 fully saturated rings. The minimum Gasteiger partial charge on any atom is -0.466 e. The van der Waals surface area contributed by atoms with Crippen molar-refractivity contribution >= 4 is 24.2 Å². The zero-order valence-corrected chi connectivity index (χ0v) is 14.6. The van der Waals surface area contributed by atoms with E-state index in [0.29, 0.717) is 6.54 Å². The first-order valence-corrected chi connectivity index (χ1v) is 7.44. The van der Waals surface area contributed by atoms with Gasteiger partial charge in [0.2, 0.25) is 0 Å². The molecule has 0 aromatic carbocycles. The molecule has 1 aromatic rings. The Morgan fingerprint density at radius 2 is 2.00 bits per heavy atom. The summed E-state index contributed by atoms with van der Waals surface area (Å²) in [5.74, 6) is -1.17. The summed E-state index contributed by atoms with van der Waals surface area (Å²) in [6, 6.07) is 1.95. The molecule has 0 aliphatic heterocycles. The Bertz CT molecular complexity index is 632. The highest BCUT2D eigenvalue weighted by Gasteiger charge is 2.21. The lowest BCUT2D eigenvalue weighted by Gasteiger charge is -2.25. The first kappa shape index (κ1) is 19.3. The zero-order chi connectivity index (χ0) is 18.3. The summed E-state index contributed by atoms with van der Waals surface area (Å²) in [5, 5.41) is 0. The minimum absolute atomic E-state index is 0.0432. The summed E-state index contributed by atoms with van der Waals surface area (Å²) in [4.78, 5) is 25.1. The van der Waals surface area contributed by atoms with Crippen molar-refractivity contribution in [1.29, 1.82) is 0 Å². The predicted octanol–water partition coefficient (Wildman–Crippen LogP) is 2.50. The van der Waals surface area contributed by atoms with Gasteiger partial charge in [0.1, 0.15) is 5.70 Å². The maximum absolute atomic E-state index is 11.9. The first-order valence-electron chi connectivity index (χ1n) is 7.44. The van der Waals surface area contributed by atoms with Gasteiger partial charge < -0.3 is 18.9 Å². The number of likely N-dealkylation sites (N-methyl/N-ethyl adjacent to an activating group) is 1. The van der Waals surface area contributed by atoms with E-state index in [1.54, 1.807) is 24.2 Å². The molecule has 24 heavy (non-hydrogen) atoms. The number of esters is 2. The van der Waals surface area contributed by atoms with E-state index in [4.69, 9.17) is 4.74 Å². The minimum atomic E-state index is -0.615. The van der Waals surface area contributed by atoms with E-state index in [9.17, 15) is 9.59 Å². The molecule has 0 radical (unpaired) electrons. The van der Waals surface area contributed by atoms with E-state index in [-0.39, 0.29) is 11.6 Å². The van der Waals surface area contributed by atoms with Crippen molar-refractivity contribution in [2.75, 3.05) is 27.8 Å². The highest BCUT2D eigenvalue weighted by atomic mass is 16.5. The normalized spacial score (nSPS) is 12.2. The van der Waals surface area contributed by atoms with Gasteiger partial charge in [0.15, 0.2) is 0 Å². The molecule has 1 rings (SSSR count). The van der Waals surface area contributed by atoms with Crippen molar-refractivity contribution in [2.24, 2.45) is 0 Å². The van der Waals surface area contributed by atoms with Crippen LogP contribution >= 0.6 is 0 Å². The molecule has 0 saturated carbocycles. The second kappa shape index (κ2) is 8.76. The van der Waals surface area contributed by atoms with Crippen molar-refractivity contribution in [3.05, 3.63) is 48.5 Å². The number of carbonyl (C=O) groups is 2. The van der Waals surface area contributed by atoms with Gasteiger partial charge in [-0.1, -0.05) is 26.2 Å². The molecule has 1 aromatic heterocycles. The number of rotatable bonds is 8. The van der Waals surface area contributed by atoms with Crippen molar-refractivity contribution in [3.8, 4) is 0 Å². The molecule has 0 bridgehead atoms. The molecule has 1 atom stereocenters. The van der Waals surface area contributed by atoms with Crippen molar-refractivity contribution < 1.29 is 19.1 Å². The van der Waals surface area contributed by atoms with Gasteiger partial charge in [0.25, 0.3) is 0 Å². The molecular weight excluding hydrogens is 308 g/mol. The second-order valence-electron chi connectivity index (χ2n) is 5.28. The fourth-order valence-corrected chi connectivity index (χ4v) is 2.54. The summed E-state index contributed by atoms with van der Waals surface area (Å²) in [6.07, 6.45) is 6.52. The molecule has 6 nitrogen and oxygen atoms in total. The van der Waals surface area contributed by atoms with Crippen LogP contribution in [0.15, 0.2) is 37.2 Å². The topological polar surface area (TPSA) is 60.8 Å². The Hall–Kier alpha value is -2.76. The van der Waals surface area contributed by atoms with Crippen LogP contribution in [0.2, 0.25) is 0 Å². The third-order valence-corrected chi connectivity index (χ3v) is 3.68. The quantitative estimate of drug-likeness (QED) is 0.541. The lowest BCUT2D eigenvalue weighted by molar-refractivity contribution is -0.139. The number of aromatic nitrogens is 1. The second-order valence-corrected chi connectivity index (χ2v) is 5.28. The molecule has 0 saturated heterocycles. The molecule has 0 aliphatic rings. The Balaban J connectivity index is 3.08. The van der Waals surface area contributed by atoms with E-state index in [0.717, 1.165) is 17.3 Å². The molecule has 0 amide bonds. The summed E-state index contributed by atoms with van der Waals surface area (Å²) in [5.41, 5.74) is 2.15. The van der Waals surface area contributed by atoms with E-state index in [2.05, 4.69) is 17.9 Å². The van der Waals surface area contributed by atoms with Gasteiger partial charge in [0.05, 0.1) is 20.3 Å². The maximum Gasteiger partial charge on any atom is 0.354 e. The molecule has 6 heteroatoms. The van der Waals surface area contributed by atoms with Gasteiger partial charge in [-0.3, -0.25) is 0 Å². The predicted molar refractivity (Wildman–Crippen MR) is 94.1 cm³/mol. The van der Waals surface area contributed by atoms with Gasteiger partial charge >= 0.3 is 11.9 Å². The average Bonchev–Trinajstić information content (AvgIpc) is 3.01. The molecule has 0 N–H and O–H groups in total. The van der Waals surface area contributed by atoms with Crippen LogP contribution in [0.3, 0.4) is 0 Å². The Kier molecular flexibility index (Phi) is 7.04. The van der Waals surface area contributed by atoms with Gasteiger partial charge in [-0.05, 0) is 11.6 Å². The highest BCUT2D eigenvalue weighted by molar-refractivity contribution is 5.95. The largest absolute Gasteiger partial charge is 0.466 e. The average molecular weight is 332 g/mol. The van der Waals surface area contributed by atoms with Gasteiger partial charge in [-0.25, -0.2) is 9.59 Å². The van der Waals surface area contributed by atoms with Crippen molar-refractivity contribution in [1.82, 2.24) is 9.47 Å². The van der Waals surface area contributed by atoms with Crippen LogP contribution in [0.1, 0.15) is 24.1 Å². The van der Waals surface area contributed by atoms with Crippen LogP contribution in [0.4, 0.5) is 0 Å². The Morgan fingerprint density at radius 1 is 1.33 bits per heavy atom. The molecule has 1 unspecified atom stereocenters. The standard InChI is InChI=1S/C18H24N2O4/c1-7-14-9-10-20(8-2)17(14)13(3)12-19(4)15(18(22)24-6)11-16(21)23-5/h7-11,13H,1-2,12H2,3-6H3/b15-11-. The van der Waals surface area contributed by atoms with E-state index < -0.39 is 11.9 Å². The smallest absolute Gasteiger partial charge is 0.354 e. The number of carbonyl (C=O) groups excluding carboxylic acids is 2. The lowest BCUT2D eigenvalue weighted by Crippen LogP contribution is -2.29. The molecule has 0 aliphatic carbocycles. The number of methoxy groups -OCH3 is 2. The summed E-state index contributed by atoms with van der Waals surface area (Å²) >= 11 is 0. The van der Waals surface area contributed by atoms with Gasteiger partial charge in [0, 0.05) is 37.6 Å². The first-order chi connectivity index (χ1) is 11.4. The maximum atomic E-state index is 11.9. The number of nitrogens with zero attached hydrogens (tertiary/aromatic N) is 2. The zero-order valence-electron chi connectivity index (χ0n) is 14.6. The van der Waals surface area contributed by atoms with Crippen molar-refractivity contribution in [3.63, 3.8) is 0 Å². The van der Waals surface area contributed by atoms with Crippen molar-refractivity contribution in [2.45, 2.75) is 12.8 Å². The highest BCUT2D eigenvalue weighted by Crippen LogP contribution is 2.24. The van der Waals surface area contributed by atoms with Crippen LogP contribution in [0.25, 0.3) is 12.3 Å². The monoisotopic (exact) mass is 332 g/mol. The van der Waals surface area contributed by atoms with Crippen LogP contribution in [-0.4, -0.2) is 49.2 Å². The Labute approximate surface area is 142 Å². The van der Waals surface area contributed by atoms with Crippen LogP contribution in [0.5, 0.6) is 0 Å². The fraction of sp³-hybridized carbons (Fsp3) is 0.333. The molecule has 0 spiro atoms. The van der Waals surface area contributed by atoms with E-state index >= 15 is 0 Å². The fourth-order valence-electron chi connectivity index (χ4n) is 2.54. The van der Waals surface area contributed by atoms with E-state index in [1.165, 1.54) is 14.2 Å². The molecule has 1 heterocycles. The van der Waals surface area contributed by atoms with Crippen LogP contribution in [0, 0.1) is 0 Å². The third kappa shape index (κ3) is 4.38. The molecular formula is C18H24N2O4. The summed E-state index contributed by atoms with van der Waals surface area (Å²) < 4.78 is 11.3. The summed E-state index contributed by atoms with van der Waals surface area (Å²) in [6.45, 7) is 10.1. The summed E-state index contributed by atoms with van der Waals surface area (Å²) in [7, 11) is 4.24. The molecule has 130 valence electrons. The van der Waals surface area contributed by atoms with Gasteiger partial charge in [-0.15, -0.1) is 0 Å².